The fraction of sp³-hybridized carbons (Fsp3) is 0.333. The fourth-order valence-electron chi connectivity index (χ4n) is 5.19. The van der Waals surface area contributed by atoms with E-state index in [0.29, 0.717) is 22.4 Å². The van der Waals surface area contributed by atoms with Gasteiger partial charge in [-0.1, -0.05) is 11.8 Å². The van der Waals surface area contributed by atoms with Crippen molar-refractivity contribution in [2.24, 2.45) is 5.41 Å². The standard InChI is InChI=1S/C24H21FN4O4/c1-13-12-29-19-17(8-16(9-18(19)25)6-5-15-4-3-7-26-11-15)10-24(20(29)14(2)33-13)21(30)27-23(32)28-22(24)31/h3-4,7-9,11,13-14,20H,10,12H2,1-2H3,(H2,27,28,30,31,32)/t13-,14+,20-/m1/s1. The molecule has 2 fully saturated rings. The summed E-state index contributed by atoms with van der Waals surface area (Å²) < 4.78 is 21.4. The summed E-state index contributed by atoms with van der Waals surface area (Å²) in [4.78, 5) is 43.9. The number of pyridine rings is 1. The molecule has 33 heavy (non-hydrogen) atoms. The Balaban J connectivity index is 1.65. The van der Waals surface area contributed by atoms with Crippen LogP contribution in [0.25, 0.3) is 0 Å². The Bertz CT molecular complexity index is 1220. The van der Waals surface area contributed by atoms with Crippen molar-refractivity contribution in [3.63, 3.8) is 0 Å². The first-order valence-electron chi connectivity index (χ1n) is 10.6. The number of rotatable bonds is 0. The number of nitrogens with one attached hydrogen (secondary N) is 2. The van der Waals surface area contributed by atoms with Gasteiger partial charge in [0.15, 0.2) is 5.41 Å². The predicted molar refractivity (Wildman–Crippen MR) is 116 cm³/mol. The van der Waals surface area contributed by atoms with Gasteiger partial charge in [-0.15, -0.1) is 0 Å². The molecule has 3 aliphatic rings. The number of amides is 4. The first kappa shape index (κ1) is 21.1. The molecule has 168 valence electrons. The van der Waals surface area contributed by atoms with Crippen molar-refractivity contribution in [1.29, 1.82) is 0 Å². The molecule has 8 nitrogen and oxygen atoms in total. The highest BCUT2D eigenvalue weighted by molar-refractivity contribution is 6.20. The van der Waals surface area contributed by atoms with Crippen LogP contribution in [0.4, 0.5) is 14.9 Å². The van der Waals surface area contributed by atoms with Crippen molar-refractivity contribution in [3.8, 4) is 11.8 Å². The van der Waals surface area contributed by atoms with Gasteiger partial charge in [0.2, 0.25) is 11.8 Å². The van der Waals surface area contributed by atoms with E-state index >= 15 is 4.39 Å². The Morgan fingerprint density at radius 2 is 1.88 bits per heavy atom. The number of hydrogen-bond donors (Lipinski definition) is 2. The molecule has 5 rings (SSSR count). The maximum Gasteiger partial charge on any atom is 0.328 e. The molecule has 0 radical (unpaired) electrons. The minimum absolute atomic E-state index is 0.0874. The van der Waals surface area contributed by atoms with Gasteiger partial charge in [0, 0.05) is 36.5 Å². The van der Waals surface area contributed by atoms with E-state index in [0.717, 1.165) is 0 Å². The fourth-order valence-corrected chi connectivity index (χ4v) is 5.19. The molecule has 3 aliphatic heterocycles. The topological polar surface area (TPSA) is 101 Å². The van der Waals surface area contributed by atoms with Crippen molar-refractivity contribution in [1.82, 2.24) is 15.6 Å². The van der Waals surface area contributed by atoms with Crippen LogP contribution < -0.4 is 15.5 Å². The lowest BCUT2D eigenvalue weighted by Gasteiger charge is -2.55. The maximum atomic E-state index is 15.5. The minimum atomic E-state index is -1.65. The Hall–Kier alpha value is -3.77. The summed E-state index contributed by atoms with van der Waals surface area (Å²) in [6.45, 7) is 3.89. The largest absolute Gasteiger partial charge is 0.372 e. The second-order valence-electron chi connectivity index (χ2n) is 8.59. The summed E-state index contributed by atoms with van der Waals surface area (Å²) in [5.41, 5.74) is 0.237. The molecule has 0 saturated carbocycles. The van der Waals surface area contributed by atoms with E-state index in [1.54, 1.807) is 42.4 Å². The SMILES string of the molecule is C[C@@H]1CN2c3c(F)cc(C#Cc4cccnc4)cc3CC3(C(=O)NC(=O)NC3=O)[C@H]2[C@H](C)O1. The number of urea groups is 1. The van der Waals surface area contributed by atoms with Gasteiger partial charge in [0.05, 0.1) is 23.9 Å². The Morgan fingerprint density at radius 3 is 2.58 bits per heavy atom. The van der Waals surface area contributed by atoms with Crippen LogP contribution in [0, 0.1) is 23.1 Å². The van der Waals surface area contributed by atoms with E-state index in [1.807, 2.05) is 6.92 Å². The smallest absolute Gasteiger partial charge is 0.328 e. The van der Waals surface area contributed by atoms with Crippen molar-refractivity contribution >= 4 is 23.5 Å². The molecule has 0 unspecified atom stereocenters. The lowest BCUT2D eigenvalue weighted by Crippen LogP contribution is -2.75. The molecule has 2 N–H and O–H groups in total. The third-order valence-electron chi connectivity index (χ3n) is 6.36. The molecule has 0 aliphatic carbocycles. The lowest BCUT2D eigenvalue weighted by atomic mass is 9.66. The molecule has 4 amide bonds. The van der Waals surface area contributed by atoms with Gasteiger partial charge < -0.3 is 9.64 Å². The van der Waals surface area contributed by atoms with Crippen LogP contribution in [0.1, 0.15) is 30.5 Å². The van der Waals surface area contributed by atoms with E-state index in [9.17, 15) is 14.4 Å². The van der Waals surface area contributed by atoms with Crippen LogP contribution in [-0.4, -0.2) is 47.6 Å². The number of hydrogen-bond acceptors (Lipinski definition) is 6. The van der Waals surface area contributed by atoms with E-state index in [1.165, 1.54) is 6.07 Å². The summed E-state index contributed by atoms with van der Waals surface area (Å²) >= 11 is 0. The highest BCUT2D eigenvalue weighted by Crippen LogP contribution is 2.47. The Morgan fingerprint density at radius 1 is 1.15 bits per heavy atom. The number of benzene rings is 1. The van der Waals surface area contributed by atoms with Crippen molar-refractivity contribution in [2.45, 2.75) is 38.5 Å². The summed E-state index contributed by atoms with van der Waals surface area (Å²) in [6, 6.07) is 4.94. The van der Waals surface area contributed by atoms with Gasteiger partial charge in [-0.2, -0.15) is 0 Å². The number of imide groups is 2. The van der Waals surface area contributed by atoms with Crippen LogP contribution in [0.15, 0.2) is 36.7 Å². The summed E-state index contributed by atoms with van der Waals surface area (Å²) in [5, 5.41) is 4.44. The van der Waals surface area contributed by atoms with E-state index in [-0.39, 0.29) is 19.1 Å². The molecule has 2 aromatic rings. The van der Waals surface area contributed by atoms with Crippen LogP contribution in [0.5, 0.6) is 0 Å². The maximum absolute atomic E-state index is 15.5. The van der Waals surface area contributed by atoms with Crippen LogP contribution >= 0.6 is 0 Å². The molecule has 1 aromatic carbocycles. The zero-order valence-electron chi connectivity index (χ0n) is 18.0. The van der Waals surface area contributed by atoms with Crippen LogP contribution in [0.3, 0.4) is 0 Å². The molecule has 9 heteroatoms. The zero-order chi connectivity index (χ0) is 23.3. The Labute approximate surface area is 189 Å². The monoisotopic (exact) mass is 448 g/mol. The highest BCUT2D eigenvalue weighted by atomic mass is 19.1. The van der Waals surface area contributed by atoms with Gasteiger partial charge in [-0.3, -0.25) is 25.2 Å². The van der Waals surface area contributed by atoms with Gasteiger partial charge in [0.25, 0.3) is 0 Å². The van der Waals surface area contributed by atoms with Crippen LogP contribution in [0.2, 0.25) is 0 Å². The average molecular weight is 448 g/mol. The molecule has 4 heterocycles. The number of carbonyl (C=O) groups is 3. The highest BCUT2D eigenvalue weighted by Gasteiger charge is 2.63. The number of nitrogens with zero attached hydrogens (tertiary/aromatic N) is 2. The summed E-state index contributed by atoms with van der Waals surface area (Å²) in [5.74, 6) is 3.96. The van der Waals surface area contributed by atoms with Gasteiger partial charge in [-0.25, -0.2) is 9.18 Å². The second-order valence-corrected chi connectivity index (χ2v) is 8.59. The van der Waals surface area contributed by atoms with Crippen molar-refractivity contribution in [2.75, 3.05) is 11.4 Å². The molecule has 0 bridgehead atoms. The predicted octanol–water partition coefficient (Wildman–Crippen LogP) is 1.51. The summed E-state index contributed by atoms with van der Waals surface area (Å²) in [6.07, 6.45) is 2.34. The molecule has 1 aromatic heterocycles. The van der Waals surface area contributed by atoms with E-state index < -0.39 is 41.2 Å². The molecule has 1 spiro atoms. The quantitative estimate of drug-likeness (QED) is 0.468. The van der Waals surface area contributed by atoms with Crippen molar-refractivity contribution < 1.29 is 23.5 Å². The number of ether oxygens (including phenoxy) is 1. The van der Waals surface area contributed by atoms with E-state index in [2.05, 4.69) is 27.5 Å². The third kappa shape index (κ3) is 3.34. The first-order chi connectivity index (χ1) is 15.8. The van der Waals surface area contributed by atoms with E-state index in [4.69, 9.17) is 4.74 Å². The third-order valence-corrected chi connectivity index (χ3v) is 6.36. The second kappa shape index (κ2) is 7.67. The van der Waals surface area contributed by atoms with Crippen LogP contribution in [-0.2, 0) is 20.7 Å². The molecular weight excluding hydrogens is 427 g/mol. The number of halogens is 1. The molecule has 3 atom stereocenters. The number of anilines is 1. The Kier molecular flexibility index (Phi) is 4.91. The van der Waals surface area contributed by atoms with Crippen molar-refractivity contribution in [3.05, 3.63) is 59.2 Å². The first-order valence-corrected chi connectivity index (χ1v) is 10.6. The number of carbonyl (C=O) groups excluding carboxylic acids is 3. The normalized spacial score (nSPS) is 25.4. The molecule has 2 saturated heterocycles. The number of barbiturate groups is 1. The molecular formula is C24H21FN4O4. The van der Waals surface area contributed by atoms with Gasteiger partial charge in [-0.05, 0) is 43.7 Å². The summed E-state index contributed by atoms with van der Waals surface area (Å²) in [7, 11) is 0. The number of fused-ring (bicyclic) bond motifs is 4. The number of aromatic nitrogens is 1. The minimum Gasteiger partial charge on any atom is -0.372 e. The number of morpholine rings is 1. The lowest BCUT2D eigenvalue weighted by molar-refractivity contribution is -0.153. The van der Waals surface area contributed by atoms with Gasteiger partial charge >= 0.3 is 6.03 Å². The van der Waals surface area contributed by atoms with Gasteiger partial charge in [0.1, 0.15) is 5.82 Å². The average Bonchev–Trinajstić information content (AvgIpc) is 2.76. The zero-order valence-corrected chi connectivity index (χ0v) is 18.0.